The van der Waals surface area contributed by atoms with Crippen molar-refractivity contribution in [3.05, 3.63) is 58.1 Å². The highest BCUT2D eigenvalue weighted by molar-refractivity contribution is 9.10. The van der Waals surface area contributed by atoms with Gasteiger partial charge in [-0.3, -0.25) is 4.79 Å². The molecule has 0 bridgehead atoms. The minimum absolute atomic E-state index is 0.0437. The van der Waals surface area contributed by atoms with E-state index in [0.29, 0.717) is 11.1 Å². The van der Waals surface area contributed by atoms with Crippen LogP contribution in [0.3, 0.4) is 0 Å². The summed E-state index contributed by atoms with van der Waals surface area (Å²) in [5.41, 5.74) is 3.20. The second-order valence-electron chi connectivity index (χ2n) is 3.95. The van der Waals surface area contributed by atoms with Crippen LogP contribution in [-0.2, 0) is 0 Å². The molecule has 2 rings (SSSR count). The second kappa shape index (κ2) is 6.21. The normalized spacial score (nSPS) is 10.7. The Balaban J connectivity index is 2.04. The van der Waals surface area contributed by atoms with Crippen LogP contribution in [0.1, 0.15) is 15.9 Å². The molecule has 5 nitrogen and oxygen atoms in total. The highest BCUT2D eigenvalue weighted by Gasteiger charge is 2.04. The van der Waals surface area contributed by atoms with Gasteiger partial charge in [0.25, 0.3) is 5.91 Å². The molecule has 6 heteroatoms. The molecule has 0 aliphatic carbocycles. The second-order valence-corrected chi connectivity index (χ2v) is 4.87. The third-order valence-corrected chi connectivity index (χ3v) is 2.96. The predicted molar refractivity (Wildman–Crippen MR) is 79.0 cm³/mol. The molecule has 0 atom stereocenters. The standard InChI is InChI=1S/C14H11BrN2O3/c15-11-3-1-2-9(6-11)14(20)17-16-8-10-4-5-12(18)7-13(10)19/h1-8,18-19H,(H,17,20)/b16-8+. The highest BCUT2D eigenvalue weighted by Crippen LogP contribution is 2.20. The van der Waals surface area contributed by atoms with E-state index >= 15 is 0 Å². The summed E-state index contributed by atoms with van der Waals surface area (Å²) in [6.45, 7) is 0. The van der Waals surface area contributed by atoms with Gasteiger partial charge in [0, 0.05) is 21.7 Å². The number of benzene rings is 2. The van der Waals surface area contributed by atoms with Crippen LogP contribution in [0, 0.1) is 0 Å². The van der Waals surface area contributed by atoms with Gasteiger partial charge in [0.2, 0.25) is 0 Å². The van der Waals surface area contributed by atoms with Gasteiger partial charge < -0.3 is 10.2 Å². The summed E-state index contributed by atoms with van der Waals surface area (Å²) in [7, 11) is 0. The van der Waals surface area contributed by atoms with Gasteiger partial charge in [-0.15, -0.1) is 0 Å². The van der Waals surface area contributed by atoms with Crippen LogP contribution in [0.25, 0.3) is 0 Å². The van der Waals surface area contributed by atoms with Crippen LogP contribution >= 0.6 is 15.9 Å². The molecule has 3 N–H and O–H groups in total. The number of phenolic OH excluding ortho intramolecular Hbond substituents is 2. The molecular formula is C14H11BrN2O3. The number of nitrogens with zero attached hydrogens (tertiary/aromatic N) is 1. The van der Waals surface area contributed by atoms with Gasteiger partial charge in [-0.05, 0) is 30.3 Å². The summed E-state index contributed by atoms with van der Waals surface area (Å²) >= 11 is 3.28. The fourth-order valence-corrected chi connectivity index (χ4v) is 1.90. The van der Waals surface area contributed by atoms with E-state index in [-0.39, 0.29) is 17.4 Å². The molecule has 0 fully saturated rings. The lowest BCUT2D eigenvalue weighted by Crippen LogP contribution is -2.17. The van der Waals surface area contributed by atoms with E-state index in [0.717, 1.165) is 4.47 Å². The van der Waals surface area contributed by atoms with Crippen LogP contribution in [0.15, 0.2) is 52.0 Å². The minimum atomic E-state index is -0.360. The minimum Gasteiger partial charge on any atom is -0.508 e. The highest BCUT2D eigenvalue weighted by atomic mass is 79.9. The van der Waals surface area contributed by atoms with Gasteiger partial charge in [-0.2, -0.15) is 5.10 Å². The number of aromatic hydroxyl groups is 2. The lowest BCUT2D eigenvalue weighted by atomic mass is 10.2. The number of amides is 1. The Hall–Kier alpha value is -2.34. The molecule has 0 aliphatic rings. The van der Waals surface area contributed by atoms with Gasteiger partial charge in [0.05, 0.1) is 6.21 Å². The van der Waals surface area contributed by atoms with Gasteiger partial charge in [-0.1, -0.05) is 22.0 Å². The van der Waals surface area contributed by atoms with E-state index in [1.165, 1.54) is 24.4 Å². The molecule has 1 amide bonds. The first-order valence-electron chi connectivity index (χ1n) is 5.67. The fourth-order valence-electron chi connectivity index (χ4n) is 1.50. The van der Waals surface area contributed by atoms with Crippen molar-refractivity contribution in [3.8, 4) is 11.5 Å². The molecule has 0 aromatic heterocycles. The Morgan fingerprint density at radius 3 is 2.70 bits per heavy atom. The lowest BCUT2D eigenvalue weighted by molar-refractivity contribution is 0.0955. The molecule has 0 unspecified atom stereocenters. The van der Waals surface area contributed by atoms with Crippen molar-refractivity contribution in [1.29, 1.82) is 0 Å². The molecule has 102 valence electrons. The Bertz CT molecular complexity index is 671. The number of hydrogen-bond donors (Lipinski definition) is 3. The number of halogens is 1. The van der Waals surface area contributed by atoms with E-state index in [1.807, 2.05) is 6.07 Å². The zero-order chi connectivity index (χ0) is 14.5. The maximum atomic E-state index is 11.8. The molecular weight excluding hydrogens is 324 g/mol. The van der Waals surface area contributed by atoms with Gasteiger partial charge >= 0.3 is 0 Å². The zero-order valence-electron chi connectivity index (χ0n) is 10.2. The predicted octanol–water partition coefficient (Wildman–Crippen LogP) is 2.62. The van der Waals surface area contributed by atoms with Crippen molar-refractivity contribution in [1.82, 2.24) is 5.43 Å². The average molecular weight is 335 g/mol. The molecule has 0 aliphatic heterocycles. The summed E-state index contributed by atoms with van der Waals surface area (Å²) < 4.78 is 0.797. The van der Waals surface area contributed by atoms with Crippen LogP contribution in [0.5, 0.6) is 11.5 Å². The number of carbonyl (C=O) groups excluding carboxylic acids is 1. The monoisotopic (exact) mass is 334 g/mol. The van der Waals surface area contributed by atoms with E-state index in [2.05, 4.69) is 26.5 Å². The van der Waals surface area contributed by atoms with Crippen molar-refractivity contribution in [2.75, 3.05) is 0 Å². The molecule has 0 saturated heterocycles. The first-order valence-corrected chi connectivity index (χ1v) is 6.46. The first-order chi connectivity index (χ1) is 9.56. The van der Waals surface area contributed by atoms with Crippen molar-refractivity contribution < 1.29 is 15.0 Å². The molecule has 2 aromatic carbocycles. The topological polar surface area (TPSA) is 81.9 Å². The first kappa shape index (κ1) is 14.1. The summed E-state index contributed by atoms with van der Waals surface area (Å²) in [5.74, 6) is -0.524. The fraction of sp³-hybridized carbons (Fsp3) is 0. The SMILES string of the molecule is O=C(N/N=C/c1ccc(O)cc1O)c1cccc(Br)c1. The summed E-state index contributed by atoms with van der Waals surface area (Å²) in [4.78, 5) is 11.8. The number of hydrazone groups is 1. The summed E-state index contributed by atoms with van der Waals surface area (Å²) in [6, 6.07) is 11.0. The molecule has 0 spiro atoms. The summed E-state index contributed by atoms with van der Waals surface area (Å²) in [6.07, 6.45) is 1.30. The van der Waals surface area contributed by atoms with Gasteiger partial charge in [-0.25, -0.2) is 5.43 Å². The zero-order valence-corrected chi connectivity index (χ0v) is 11.8. The summed E-state index contributed by atoms with van der Waals surface area (Å²) in [5, 5.41) is 22.4. The van der Waals surface area contributed by atoms with Crippen molar-refractivity contribution in [2.24, 2.45) is 5.10 Å². The third-order valence-electron chi connectivity index (χ3n) is 2.47. The molecule has 0 heterocycles. The Morgan fingerprint density at radius 2 is 2.00 bits per heavy atom. The maximum Gasteiger partial charge on any atom is 0.271 e. The molecule has 2 aromatic rings. The van der Waals surface area contributed by atoms with Gasteiger partial charge in [0.15, 0.2) is 0 Å². The largest absolute Gasteiger partial charge is 0.508 e. The Labute approximate surface area is 123 Å². The quantitative estimate of drug-likeness (QED) is 0.596. The number of carbonyl (C=O) groups is 1. The van der Waals surface area contributed by atoms with Crippen LogP contribution in [0.2, 0.25) is 0 Å². The van der Waals surface area contributed by atoms with Crippen molar-refractivity contribution in [3.63, 3.8) is 0 Å². The number of rotatable bonds is 3. The van der Waals surface area contributed by atoms with E-state index < -0.39 is 0 Å². The van der Waals surface area contributed by atoms with E-state index in [4.69, 9.17) is 5.11 Å². The number of phenols is 2. The molecule has 20 heavy (non-hydrogen) atoms. The third kappa shape index (κ3) is 3.58. The van der Waals surface area contributed by atoms with Crippen molar-refractivity contribution >= 4 is 28.1 Å². The number of hydrogen-bond acceptors (Lipinski definition) is 4. The average Bonchev–Trinajstić information content (AvgIpc) is 2.41. The van der Waals surface area contributed by atoms with Crippen LogP contribution in [-0.4, -0.2) is 22.3 Å². The van der Waals surface area contributed by atoms with E-state index in [1.54, 1.807) is 18.2 Å². The van der Waals surface area contributed by atoms with Gasteiger partial charge in [0.1, 0.15) is 11.5 Å². The Morgan fingerprint density at radius 1 is 1.20 bits per heavy atom. The van der Waals surface area contributed by atoms with Crippen LogP contribution < -0.4 is 5.43 Å². The molecule has 0 radical (unpaired) electrons. The van der Waals surface area contributed by atoms with Crippen molar-refractivity contribution in [2.45, 2.75) is 0 Å². The number of nitrogens with one attached hydrogen (secondary N) is 1. The molecule has 0 saturated carbocycles. The van der Waals surface area contributed by atoms with Crippen LogP contribution in [0.4, 0.5) is 0 Å². The lowest BCUT2D eigenvalue weighted by Gasteiger charge is -2.01. The van der Waals surface area contributed by atoms with E-state index in [9.17, 15) is 9.90 Å². The maximum absolute atomic E-state index is 11.8. The Kier molecular flexibility index (Phi) is 4.37. The smallest absolute Gasteiger partial charge is 0.271 e.